The van der Waals surface area contributed by atoms with E-state index in [1.165, 1.54) is 0 Å². The maximum atomic E-state index is 11.9. The van der Waals surface area contributed by atoms with Crippen LogP contribution in [0.1, 0.15) is 38.7 Å². The van der Waals surface area contributed by atoms with Gasteiger partial charge >= 0.3 is 0 Å². The first-order valence-corrected chi connectivity index (χ1v) is 9.62. The number of rotatable bonds is 7. The number of unbranched alkanes of at least 4 members (excludes halogenated alkanes) is 1. The van der Waals surface area contributed by atoms with Crippen LogP contribution < -0.4 is 10.1 Å². The highest BCUT2D eigenvalue weighted by molar-refractivity contribution is 5.97. The van der Waals surface area contributed by atoms with E-state index in [4.69, 9.17) is 4.74 Å². The topological polar surface area (TPSA) is 61.9 Å². The largest absolute Gasteiger partial charge is 0.479 e. The molecule has 1 amide bonds. The Balaban J connectivity index is 1.48. The molecule has 1 fully saturated rings. The molecule has 2 aliphatic rings. The van der Waals surface area contributed by atoms with Gasteiger partial charge in [0.2, 0.25) is 0 Å². The third-order valence-corrected chi connectivity index (χ3v) is 5.06. The quantitative estimate of drug-likeness (QED) is 0.809. The Kier molecular flexibility index (Phi) is 6.27. The Morgan fingerprint density at radius 3 is 2.69 bits per heavy atom. The highest BCUT2D eigenvalue weighted by atomic mass is 16.5. The predicted octanol–water partition coefficient (Wildman–Crippen LogP) is 2.28. The number of hydrogen-bond donors (Lipinski definition) is 1. The number of amides is 1. The molecule has 1 aromatic carbocycles. The van der Waals surface area contributed by atoms with E-state index >= 15 is 0 Å². The maximum Gasteiger partial charge on any atom is 0.265 e. The molecule has 0 bridgehead atoms. The monoisotopic (exact) mass is 359 g/mol. The predicted molar refractivity (Wildman–Crippen MR) is 101 cm³/mol. The third-order valence-electron chi connectivity index (χ3n) is 5.06. The minimum Gasteiger partial charge on any atom is -0.479 e. The highest BCUT2D eigenvalue weighted by Gasteiger charge is 2.24. The van der Waals surface area contributed by atoms with Gasteiger partial charge in [-0.2, -0.15) is 0 Å². The fourth-order valence-electron chi connectivity index (χ4n) is 3.42. The minimum absolute atomic E-state index is 0.101. The molecule has 142 valence electrons. The number of anilines is 1. The summed E-state index contributed by atoms with van der Waals surface area (Å²) in [5, 5.41) is 2.90. The van der Waals surface area contributed by atoms with Crippen molar-refractivity contribution in [3.8, 4) is 5.75 Å². The molecular formula is C20H29N3O3. The van der Waals surface area contributed by atoms with Gasteiger partial charge in [-0.1, -0.05) is 19.4 Å². The van der Waals surface area contributed by atoms with Crippen molar-refractivity contribution in [1.29, 1.82) is 0 Å². The van der Waals surface area contributed by atoms with Gasteiger partial charge < -0.3 is 10.1 Å². The highest BCUT2D eigenvalue weighted by Crippen LogP contribution is 2.30. The summed E-state index contributed by atoms with van der Waals surface area (Å²) < 4.78 is 5.60. The van der Waals surface area contributed by atoms with Gasteiger partial charge in [0, 0.05) is 39.1 Å². The first-order valence-electron chi connectivity index (χ1n) is 9.62. The summed E-state index contributed by atoms with van der Waals surface area (Å²) >= 11 is 0. The normalized spacial score (nSPS) is 21.0. The molecule has 6 nitrogen and oxygen atoms in total. The van der Waals surface area contributed by atoms with E-state index in [-0.39, 0.29) is 5.91 Å². The van der Waals surface area contributed by atoms with E-state index in [1.807, 2.05) is 12.1 Å². The van der Waals surface area contributed by atoms with Gasteiger partial charge in [0.25, 0.3) is 5.91 Å². The van der Waals surface area contributed by atoms with Crippen LogP contribution in [0, 0.1) is 0 Å². The van der Waals surface area contributed by atoms with Crippen LogP contribution in [-0.2, 0) is 16.1 Å². The molecule has 6 heteroatoms. The molecule has 0 aliphatic carbocycles. The van der Waals surface area contributed by atoms with E-state index in [2.05, 4.69) is 28.1 Å². The van der Waals surface area contributed by atoms with Crippen LogP contribution in [0.15, 0.2) is 18.2 Å². The van der Waals surface area contributed by atoms with E-state index < -0.39 is 6.10 Å². The van der Waals surface area contributed by atoms with Crippen molar-refractivity contribution < 1.29 is 14.3 Å². The standard InChI is InChI=1S/C20H29N3O3/c1-3-4-5-17(24)14-23-10-8-22(9-11-23)13-16-6-7-19-18(12-16)21-20(25)15(2)26-19/h6-7,12,15H,3-5,8-11,13-14H2,1-2H3,(H,21,25). The lowest BCUT2D eigenvalue weighted by atomic mass is 10.1. The number of fused-ring (bicyclic) bond motifs is 1. The van der Waals surface area contributed by atoms with E-state index in [1.54, 1.807) is 6.92 Å². The number of benzene rings is 1. The average Bonchev–Trinajstić information content (AvgIpc) is 2.63. The van der Waals surface area contributed by atoms with E-state index in [0.29, 0.717) is 18.7 Å². The second-order valence-electron chi connectivity index (χ2n) is 7.27. The summed E-state index contributed by atoms with van der Waals surface area (Å²) in [4.78, 5) is 28.3. The summed E-state index contributed by atoms with van der Waals surface area (Å²) in [7, 11) is 0. The summed E-state index contributed by atoms with van der Waals surface area (Å²) in [5.74, 6) is 0.993. The summed E-state index contributed by atoms with van der Waals surface area (Å²) in [6, 6.07) is 5.99. The SMILES string of the molecule is CCCCC(=O)CN1CCN(Cc2ccc3c(c2)NC(=O)C(C)O3)CC1. The number of carbonyl (C=O) groups excluding carboxylic acids is 2. The Morgan fingerprint density at radius 1 is 1.23 bits per heavy atom. The van der Waals surface area contributed by atoms with E-state index in [0.717, 1.165) is 62.6 Å². The summed E-state index contributed by atoms with van der Waals surface area (Å²) in [6.45, 7) is 9.07. The average molecular weight is 359 g/mol. The second-order valence-corrected chi connectivity index (χ2v) is 7.27. The van der Waals surface area contributed by atoms with E-state index in [9.17, 15) is 9.59 Å². The molecule has 1 unspecified atom stereocenters. The molecule has 2 aliphatic heterocycles. The van der Waals surface area contributed by atoms with Gasteiger partial charge in [0.05, 0.1) is 12.2 Å². The second kappa shape index (κ2) is 8.64. The molecule has 3 rings (SSSR count). The number of carbonyl (C=O) groups is 2. The van der Waals surface area contributed by atoms with Crippen LogP contribution >= 0.6 is 0 Å². The Bertz CT molecular complexity index is 654. The lowest BCUT2D eigenvalue weighted by Crippen LogP contribution is -2.47. The number of ether oxygens (including phenoxy) is 1. The number of nitrogens with one attached hydrogen (secondary N) is 1. The first-order chi connectivity index (χ1) is 12.5. The number of nitrogens with zero attached hydrogens (tertiary/aromatic N) is 2. The van der Waals surface area contributed by atoms with Gasteiger partial charge in [-0.15, -0.1) is 0 Å². The van der Waals surface area contributed by atoms with Gasteiger partial charge in [0.1, 0.15) is 11.5 Å². The van der Waals surface area contributed by atoms with Gasteiger partial charge in [-0.3, -0.25) is 19.4 Å². The molecule has 26 heavy (non-hydrogen) atoms. The van der Waals surface area contributed by atoms with Gasteiger partial charge in [-0.25, -0.2) is 0 Å². The molecule has 0 radical (unpaired) electrons. The molecule has 0 aromatic heterocycles. The zero-order valence-corrected chi connectivity index (χ0v) is 15.8. The number of Topliss-reactive ketones (excluding diaryl/α,β-unsaturated/α-hetero) is 1. The van der Waals surface area contributed by atoms with Crippen molar-refractivity contribution >= 4 is 17.4 Å². The van der Waals surface area contributed by atoms with Crippen LogP contribution in [0.2, 0.25) is 0 Å². The van der Waals surface area contributed by atoms with Gasteiger partial charge in [-0.05, 0) is 31.0 Å². The molecule has 0 spiro atoms. The van der Waals surface area contributed by atoms with Crippen LogP contribution in [0.4, 0.5) is 5.69 Å². The lowest BCUT2D eigenvalue weighted by molar-refractivity contribution is -0.123. The van der Waals surface area contributed by atoms with Crippen LogP contribution in [0.5, 0.6) is 5.75 Å². The maximum absolute atomic E-state index is 11.9. The zero-order chi connectivity index (χ0) is 18.5. The number of hydrogen-bond acceptors (Lipinski definition) is 5. The fraction of sp³-hybridized carbons (Fsp3) is 0.600. The summed E-state index contributed by atoms with van der Waals surface area (Å²) in [5.41, 5.74) is 1.92. The zero-order valence-electron chi connectivity index (χ0n) is 15.8. The Labute approximate surface area is 155 Å². The molecule has 1 aromatic rings. The van der Waals surface area contributed by atoms with Crippen LogP contribution in [-0.4, -0.2) is 60.3 Å². The van der Waals surface area contributed by atoms with Crippen molar-refractivity contribution in [3.63, 3.8) is 0 Å². The smallest absolute Gasteiger partial charge is 0.265 e. The third kappa shape index (κ3) is 4.83. The van der Waals surface area contributed by atoms with Crippen LogP contribution in [0.25, 0.3) is 0 Å². The Hall–Kier alpha value is -1.92. The Morgan fingerprint density at radius 2 is 1.96 bits per heavy atom. The minimum atomic E-state index is -0.443. The molecule has 0 saturated carbocycles. The lowest BCUT2D eigenvalue weighted by Gasteiger charge is -2.34. The number of piperazine rings is 1. The van der Waals surface area contributed by atoms with Crippen molar-refractivity contribution in [2.45, 2.75) is 45.8 Å². The molecule has 1 saturated heterocycles. The van der Waals surface area contributed by atoms with Crippen molar-refractivity contribution in [2.75, 3.05) is 38.0 Å². The number of ketones is 1. The molecular weight excluding hydrogens is 330 g/mol. The van der Waals surface area contributed by atoms with Crippen molar-refractivity contribution in [1.82, 2.24) is 9.80 Å². The van der Waals surface area contributed by atoms with Gasteiger partial charge in [0.15, 0.2) is 6.10 Å². The molecule has 2 heterocycles. The molecule has 1 atom stereocenters. The van der Waals surface area contributed by atoms with Crippen LogP contribution in [0.3, 0.4) is 0 Å². The fourth-order valence-corrected chi connectivity index (χ4v) is 3.42. The van der Waals surface area contributed by atoms with Crippen molar-refractivity contribution in [2.24, 2.45) is 0 Å². The first kappa shape index (κ1) is 18.9. The van der Waals surface area contributed by atoms with Crippen molar-refractivity contribution in [3.05, 3.63) is 23.8 Å². The summed E-state index contributed by atoms with van der Waals surface area (Å²) in [6.07, 6.45) is 2.33. The molecule has 1 N–H and O–H groups in total.